The molecule has 0 heterocycles. The fraction of sp³-hybridized carbons (Fsp3) is 1.00. The molecule has 0 unspecified atom stereocenters. The van der Waals surface area contributed by atoms with Gasteiger partial charge in [0.05, 0.1) is 6.10 Å². The van der Waals surface area contributed by atoms with E-state index in [2.05, 4.69) is 26.1 Å². The lowest BCUT2D eigenvalue weighted by atomic mass is 9.72. The van der Waals surface area contributed by atoms with E-state index in [0.29, 0.717) is 0 Å². The van der Waals surface area contributed by atoms with Crippen LogP contribution in [0.2, 0.25) is 0 Å². The van der Waals surface area contributed by atoms with E-state index in [9.17, 15) is 5.11 Å². The van der Waals surface area contributed by atoms with E-state index < -0.39 is 0 Å². The van der Waals surface area contributed by atoms with Crippen molar-refractivity contribution in [2.75, 3.05) is 6.54 Å². The Morgan fingerprint density at radius 2 is 2.15 bits per heavy atom. The summed E-state index contributed by atoms with van der Waals surface area (Å²) in [6, 6.07) is 0. The fourth-order valence-electron chi connectivity index (χ4n) is 3.50. The van der Waals surface area contributed by atoms with Crippen LogP contribution in [0.1, 0.15) is 40.0 Å². The number of aliphatic hydroxyl groups is 1. The van der Waals surface area contributed by atoms with E-state index in [1.165, 1.54) is 12.8 Å². The maximum absolute atomic E-state index is 10.3. The molecular formula is C11H21NO. The molecule has 2 bridgehead atoms. The van der Waals surface area contributed by atoms with E-state index in [0.717, 1.165) is 18.9 Å². The van der Waals surface area contributed by atoms with Crippen molar-refractivity contribution in [1.29, 1.82) is 0 Å². The lowest BCUT2D eigenvalue weighted by Crippen LogP contribution is -2.55. The number of aliphatic hydroxyl groups excluding tert-OH is 1. The molecule has 0 aliphatic heterocycles. The molecule has 2 N–H and O–H groups in total. The monoisotopic (exact) mass is 183 g/mol. The second kappa shape index (κ2) is 2.71. The first-order chi connectivity index (χ1) is 6.03. The minimum atomic E-state index is -0.154. The summed E-state index contributed by atoms with van der Waals surface area (Å²) in [7, 11) is 0. The minimum absolute atomic E-state index is 0.0584. The zero-order valence-electron chi connectivity index (χ0n) is 8.93. The van der Waals surface area contributed by atoms with E-state index in [1.54, 1.807) is 0 Å². The molecule has 2 saturated carbocycles. The smallest absolute Gasteiger partial charge is 0.0775 e. The van der Waals surface area contributed by atoms with Crippen LogP contribution in [-0.4, -0.2) is 23.3 Å². The van der Waals surface area contributed by atoms with Crippen LogP contribution in [0.15, 0.2) is 0 Å². The number of rotatable bonds is 2. The zero-order chi connectivity index (χ0) is 9.69. The van der Waals surface area contributed by atoms with Gasteiger partial charge in [0.1, 0.15) is 0 Å². The van der Waals surface area contributed by atoms with Gasteiger partial charge < -0.3 is 10.4 Å². The summed E-state index contributed by atoms with van der Waals surface area (Å²) < 4.78 is 0. The average molecular weight is 183 g/mol. The van der Waals surface area contributed by atoms with Gasteiger partial charge in [0.15, 0.2) is 0 Å². The topological polar surface area (TPSA) is 32.3 Å². The summed E-state index contributed by atoms with van der Waals surface area (Å²) in [6.07, 6.45) is 3.47. The highest BCUT2D eigenvalue weighted by Crippen LogP contribution is 2.57. The first-order valence-corrected chi connectivity index (χ1v) is 5.46. The molecule has 0 radical (unpaired) electrons. The van der Waals surface area contributed by atoms with Crippen molar-refractivity contribution in [2.24, 2.45) is 11.3 Å². The van der Waals surface area contributed by atoms with Crippen LogP contribution >= 0.6 is 0 Å². The largest absolute Gasteiger partial charge is 0.391 e. The molecule has 2 rings (SSSR count). The van der Waals surface area contributed by atoms with Gasteiger partial charge in [-0.15, -0.1) is 0 Å². The number of fused-ring (bicyclic) bond motifs is 2. The molecule has 2 aliphatic carbocycles. The summed E-state index contributed by atoms with van der Waals surface area (Å²) >= 11 is 0. The third-order valence-electron chi connectivity index (χ3n) is 4.36. The van der Waals surface area contributed by atoms with Gasteiger partial charge in [-0.3, -0.25) is 0 Å². The van der Waals surface area contributed by atoms with E-state index in [4.69, 9.17) is 0 Å². The molecule has 13 heavy (non-hydrogen) atoms. The molecule has 0 aromatic rings. The molecule has 2 fully saturated rings. The van der Waals surface area contributed by atoms with Crippen molar-refractivity contribution in [2.45, 2.75) is 51.7 Å². The summed E-state index contributed by atoms with van der Waals surface area (Å²) in [5.74, 6) is 0.724. The van der Waals surface area contributed by atoms with Gasteiger partial charge in [0.2, 0.25) is 0 Å². The molecule has 0 aromatic carbocycles. The van der Waals surface area contributed by atoms with Crippen LogP contribution in [0, 0.1) is 11.3 Å². The highest BCUT2D eigenvalue weighted by Gasteiger charge is 2.60. The van der Waals surface area contributed by atoms with Gasteiger partial charge in [-0.05, 0) is 37.1 Å². The Labute approximate surface area is 80.7 Å². The lowest BCUT2D eigenvalue weighted by molar-refractivity contribution is -0.0191. The molecule has 2 heteroatoms. The number of hydrogen-bond donors (Lipinski definition) is 2. The number of likely N-dealkylation sites (N-methyl/N-ethyl adjacent to an activating group) is 1. The van der Waals surface area contributed by atoms with Crippen LogP contribution < -0.4 is 5.32 Å². The lowest BCUT2D eigenvalue weighted by Gasteiger charge is -2.41. The molecule has 0 saturated heterocycles. The van der Waals surface area contributed by atoms with Crippen LogP contribution in [0.4, 0.5) is 0 Å². The Kier molecular flexibility index (Phi) is 1.97. The Balaban J connectivity index is 2.24. The van der Waals surface area contributed by atoms with Gasteiger partial charge >= 0.3 is 0 Å². The summed E-state index contributed by atoms with van der Waals surface area (Å²) in [6.45, 7) is 7.52. The molecule has 76 valence electrons. The Morgan fingerprint density at radius 1 is 1.46 bits per heavy atom. The molecule has 0 aromatic heterocycles. The van der Waals surface area contributed by atoms with E-state index in [1.807, 2.05) is 0 Å². The fourth-order valence-corrected chi connectivity index (χ4v) is 3.50. The van der Waals surface area contributed by atoms with Crippen molar-refractivity contribution < 1.29 is 5.11 Å². The Bertz CT molecular complexity index is 214. The first-order valence-electron chi connectivity index (χ1n) is 5.46. The van der Waals surface area contributed by atoms with Gasteiger partial charge in [-0.1, -0.05) is 20.8 Å². The van der Waals surface area contributed by atoms with Crippen molar-refractivity contribution >= 4 is 0 Å². The third-order valence-corrected chi connectivity index (χ3v) is 4.36. The van der Waals surface area contributed by atoms with Crippen LogP contribution in [0.3, 0.4) is 0 Å². The Hall–Kier alpha value is -0.0800. The van der Waals surface area contributed by atoms with Gasteiger partial charge in [0, 0.05) is 5.54 Å². The molecule has 0 amide bonds. The SMILES string of the molecule is CCN[C@]12CC[C@H](C1)C(C)(C)[C@H]2O. The van der Waals surface area contributed by atoms with E-state index in [-0.39, 0.29) is 17.1 Å². The Morgan fingerprint density at radius 3 is 2.62 bits per heavy atom. The second-order valence-corrected chi connectivity index (χ2v) is 5.35. The number of hydrogen-bond acceptors (Lipinski definition) is 2. The summed E-state index contributed by atoms with van der Waals surface area (Å²) in [4.78, 5) is 0. The normalized spacial score (nSPS) is 47.1. The van der Waals surface area contributed by atoms with Crippen molar-refractivity contribution in [3.63, 3.8) is 0 Å². The third kappa shape index (κ3) is 1.08. The number of nitrogens with one attached hydrogen (secondary N) is 1. The van der Waals surface area contributed by atoms with Crippen molar-refractivity contribution in [3.8, 4) is 0 Å². The first kappa shape index (κ1) is 9.47. The second-order valence-electron chi connectivity index (χ2n) is 5.35. The summed E-state index contributed by atoms with van der Waals surface area (Å²) in [5.41, 5.74) is 0.184. The molecule has 2 aliphatic rings. The van der Waals surface area contributed by atoms with Crippen LogP contribution in [0.25, 0.3) is 0 Å². The van der Waals surface area contributed by atoms with Gasteiger partial charge in [0.25, 0.3) is 0 Å². The predicted molar refractivity (Wildman–Crippen MR) is 53.5 cm³/mol. The standard InChI is InChI=1S/C11H21NO/c1-4-12-11-6-5-8(7-11)10(2,3)9(11)13/h8-9,12-13H,4-7H2,1-3H3/t8-,9-,11-/m1/s1. The van der Waals surface area contributed by atoms with Crippen LogP contribution in [-0.2, 0) is 0 Å². The highest BCUT2D eigenvalue weighted by molar-refractivity contribution is 5.15. The molecular weight excluding hydrogens is 162 g/mol. The predicted octanol–water partition coefficient (Wildman–Crippen LogP) is 1.54. The molecule has 2 nitrogen and oxygen atoms in total. The zero-order valence-corrected chi connectivity index (χ0v) is 8.93. The van der Waals surface area contributed by atoms with Crippen LogP contribution in [0.5, 0.6) is 0 Å². The highest BCUT2D eigenvalue weighted by atomic mass is 16.3. The van der Waals surface area contributed by atoms with Crippen molar-refractivity contribution in [3.05, 3.63) is 0 Å². The molecule has 3 atom stereocenters. The minimum Gasteiger partial charge on any atom is -0.391 e. The maximum atomic E-state index is 10.3. The summed E-state index contributed by atoms with van der Waals surface area (Å²) in [5, 5.41) is 13.8. The maximum Gasteiger partial charge on any atom is 0.0775 e. The van der Waals surface area contributed by atoms with Gasteiger partial charge in [-0.25, -0.2) is 0 Å². The quantitative estimate of drug-likeness (QED) is 0.680. The average Bonchev–Trinajstić information content (AvgIpc) is 2.55. The van der Waals surface area contributed by atoms with Gasteiger partial charge in [-0.2, -0.15) is 0 Å². The van der Waals surface area contributed by atoms with Crippen molar-refractivity contribution in [1.82, 2.24) is 5.32 Å². The molecule has 0 spiro atoms. The van der Waals surface area contributed by atoms with E-state index >= 15 is 0 Å².